The normalized spacial score (nSPS) is 27.2. The lowest BCUT2D eigenvalue weighted by Crippen LogP contribution is -2.46. The molecule has 40 heavy (non-hydrogen) atoms. The van der Waals surface area contributed by atoms with E-state index in [0.717, 1.165) is 43.7 Å². The molecule has 0 unspecified atom stereocenters. The highest BCUT2D eigenvalue weighted by atomic mass is 35.5. The summed E-state index contributed by atoms with van der Waals surface area (Å²) in [6, 6.07) is 8.43. The summed E-state index contributed by atoms with van der Waals surface area (Å²) in [5, 5.41) is 7.47. The van der Waals surface area contributed by atoms with Gasteiger partial charge in [0.15, 0.2) is 5.67 Å². The molecule has 9 nitrogen and oxygen atoms in total. The predicted octanol–water partition coefficient (Wildman–Crippen LogP) is 4.63. The first-order valence-electron chi connectivity index (χ1n) is 14.4. The van der Waals surface area contributed by atoms with Crippen LogP contribution in [0, 0.1) is 0 Å². The van der Waals surface area contributed by atoms with E-state index in [2.05, 4.69) is 27.4 Å². The van der Waals surface area contributed by atoms with Crippen molar-refractivity contribution in [1.29, 1.82) is 0 Å². The van der Waals surface area contributed by atoms with Gasteiger partial charge in [0.25, 0.3) is 5.56 Å². The van der Waals surface area contributed by atoms with Gasteiger partial charge in [0.2, 0.25) is 0 Å². The summed E-state index contributed by atoms with van der Waals surface area (Å²) >= 11 is 6.45. The molecule has 2 saturated heterocycles. The average Bonchev–Trinajstić information content (AvgIpc) is 2.98. The van der Waals surface area contributed by atoms with E-state index in [1.165, 1.54) is 10.9 Å². The van der Waals surface area contributed by atoms with Crippen molar-refractivity contribution in [3.8, 4) is 5.75 Å². The summed E-state index contributed by atoms with van der Waals surface area (Å²) in [6.45, 7) is 5.79. The first-order valence-corrected chi connectivity index (χ1v) is 14.8. The van der Waals surface area contributed by atoms with Crippen molar-refractivity contribution < 1.29 is 23.3 Å². The van der Waals surface area contributed by atoms with E-state index in [9.17, 15) is 9.18 Å². The molecule has 220 valence electrons. The average molecular weight is 579 g/mol. The van der Waals surface area contributed by atoms with Crippen LogP contribution in [0.25, 0.3) is 0 Å². The Morgan fingerprint density at radius 2 is 1.98 bits per heavy atom. The van der Waals surface area contributed by atoms with Gasteiger partial charge in [-0.25, -0.2) is 9.07 Å². The third-order valence-electron chi connectivity index (χ3n) is 8.03. The molecular formula is C29H40ClFN4O5. The SMILES string of the molecule is CCOc1ccc(N(C[C@H]2COCCO2)[C@H]2CC[C@H](n3ncc(NC[C@]4(F)CCCOC4)c(Cl)c3=O)CC2)cc1. The number of hydrogen-bond donors (Lipinski definition) is 1. The number of nitrogens with zero attached hydrogens (tertiary/aromatic N) is 3. The molecule has 0 spiro atoms. The molecule has 1 saturated carbocycles. The van der Waals surface area contributed by atoms with Crippen LogP contribution in [0.1, 0.15) is 51.5 Å². The highest BCUT2D eigenvalue weighted by Gasteiger charge is 2.34. The van der Waals surface area contributed by atoms with Crippen molar-refractivity contribution in [2.24, 2.45) is 0 Å². The van der Waals surface area contributed by atoms with E-state index >= 15 is 0 Å². The van der Waals surface area contributed by atoms with E-state index in [1.807, 2.05) is 19.1 Å². The van der Waals surface area contributed by atoms with Crippen LogP contribution in [0.15, 0.2) is 35.3 Å². The van der Waals surface area contributed by atoms with Gasteiger partial charge in [-0.15, -0.1) is 0 Å². The molecule has 2 atom stereocenters. The summed E-state index contributed by atoms with van der Waals surface area (Å²) in [5.74, 6) is 0.848. The van der Waals surface area contributed by atoms with Gasteiger partial charge < -0.3 is 29.2 Å². The highest BCUT2D eigenvalue weighted by molar-refractivity contribution is 6.32. The van der Waals surface area contributed by atoms with Crippen molar-refractivity contribution in [3.63, 3.8) is 0 Å². The van der Waals surface area contributed by atoms with Crippen molar-refractivity contribution >= 4 is 23.0 Å². The van der Waals surface area contributed by atoms with E-state index < -0.39 is 5.67 Å². The minimum Gasteiger partial charge on any atom is -0.494 e. The zero-order valence-electron chi connectivity index (χ0n) is 23.2. The van der Waals surface area contributed by atoms with Crippen molar-refractivity contribution in [1.82, 2.24) is 9.78 Å². The Bertz CT molecular complexity index is 1150. The summed E-state index contributed by atoms with van der Waals surface area (Å²) in [6.07, 6.45) is 6.00. The lowest BCUT2D eigenvalue weighted by atomic mass is 9.89. The van der Waals surface area contributed by atoms with Crippen LogP contribution < -0.4 is 20.5 Å². The number of benzene rings is 1. The molecule has 11 heteroatoms. The maximum atomic E-state index is 14.9. The van der Waals surface area contributed by atoms with E-state index in [0.29, 0.717) is 51.6 Å². The zero-order chi connectivity index (χ0) is 28.0. The molecular weight excluding hydrogens is 539 g/mol. The first kappa shape index (κ1) is 29.1. The largest absolute Gasteiger partial charge is 0.494 e. The van der Waals surface area contributed by atoms with Crippen molar-refractivity contribution in [2.45, 2.75) is 69.3 Å². The highest BCUT2D eigenvalue weighted by Crippen LogP contribution is 2.34. The maximum absolute atomic E-state index is 14.9. The quantitative estimate of drug-likeness (QED) is 0.437. The van der Waals surface area contributed by atoms with Crippen LogP contribution in [0.4, 0.5) is 15.8 Å². The van der Waals surface area contributed by atoms with E-state index in [1.54, 1.807) is 0 Å². The second-order valence-corrected chi connectivity index (χ2v) is 11.3. The molecule has 1 aliphatic carbocycles. The Hall–Kier alpha value is -2.40. The van der Waals surface area contributed by atoms with Gasteiger partial charge in [0.1, 0.15) is 10.8 Å². The maximum Gasteiger partial charge on any atom is 0.287 e. The minimum absolute atomic E-state index is 0.00445. The van der Waals surface area contributed by atoms with Crippen LogP contribution in [0.3, 0.4) is 0 Å². The minimum atomic E-state index is -1.47. The van der Waals surface area contributed by atoms with Crippen LogP contribution in [0.2, 0.25) is 5.02 Å². The first-order chi connectivity index (χ1) is 19.5. The molecule has 1 aromatic carbocycles. The van der Waals surface area contributed by atoms with Gasteiger partial charge in [-0.3, -0.25) is 4.79 Å². The third kappa shape index (κ3) is 7.08. The Morgan fingerprint density at radius 3 is 2.65 bits per heavy atom. The molecule has 5 rings (SSSR count). The number of alkyl halides is 1. The number of halogens is 2. The fraction of sp³-hybridized carbons (Fsp3) is 0.655. The smallest absolute Gasteiger partial charge is 0.287 e. The van der Waals surface area contributed by atoms with Gasteiger partial charge >= 0.3 is 0 Å². The van der Waals surface area contributed by atoms with Crippen LogP contribution in [-0.2, 0) is 14.2 Å². The van der Waals surface area contributed by atoms with Crippen LogP contribution >= 0.6 is 11.6 Å². The van der Waals surface area contributed by atoms with Gasteiger partial charge in [-0.1, -0.05) is 11.6 Å². The Balaban J connectivity index is 1.24. The number of ether oxygens (including phenoxy) is 4. The van der Waals surface area contributed by atoms with E-state index in [4.69, 9.17) is 30.5 Å². The molecule has 3 aliphatic rings. The topological polar surface area (TPSA) is 87.1 Å². The number of rotatable bonds is 10. The molecule has 3 fully saturated rings. The van der Waals surface area contributed by atoms with Gasteiger partial charge in [0, 0.05) is 24.9 Å². The Kier molecular flexibility index (Phi) is 9.83. The lowest BCUT2D eigenvalue weighted by molar-refractivity contribution is -0.0847. The molecule has 1 N–H and O–H groups in total. The van der Waals surface area contributed by atoms with E-state index in [-0.39, 0.29) is 41.9 Å². The van der Waals surface area contributed by atoms with Crippen molar-refractivity contribution in [2.75, 3.05) is 62.9 Å². The van der Waals surface area contributed by atoms with Gasteiger partial charge in [-0.2, -0.15) is 5.10 Å². The van der Waals surface area contributed by atoms with Crippen LogP contribution in [0.5, 0.6) is 5.75 Å². The summed E-state index contributed by atoms with van der Waals surface area (Å²) in [7, 11) is 0. The monoisotopic (exact) mass is 578 g/mol. The predicted molar refractivity (Wildman–Crippen MR) is 153 cm³/mol. The number of nitrogens with one attached hydrogen (secondary N) is 1. The van der Waals surface area contributed by atoms with Gasteiger partial charge in [0.05, 0.1) is 63.6 Å². The lowest BCUT2D eigenvalue weighted by Gasteiger charge is -2.40. The summed E-state index contributed by atoms with van der Waals surface area (Å²) < 4.78 is 39.0. The molecule has 1 aromatic heterocycles. The number of hydrogen-bond acceptors (Lipinski definition) is 8. The second-order valence-electron chi connectivity index (χ2n) is 10.9. The molecule has 0 bridgehead atoms. The third-order valence-corrected chi connectivity index (χ3v) is 8.40. The van der Waals surface area contributed by atoms with Gasteiger partial charge in [-0.05, 0) is 69.7 Å². The standard InChI is InChI=1S/C29H40ClFN4O5/c1-2-39-24-10-8-22(9-11-24)34(17-25-18-37-14-15-40-25)21-4-6-23(7-5-21)35-28(36)27(30)26(16-33-35)32-19-29(31)12-3-13-38-20-29/h8-11,16,21,23,25,32H,2-7,12-15,17-20H2,1H3/t21-,23-,25-,29+/m0/s1. The van der Waals surface area contributed by atoms with Crippen LogP contribution in [-0.4, -0.2) is 80.3 Å². The number of anilines is 2. The fourth-order valence-corrected chi connectivity index (χ4v) is 6.08. The molecule has 0 radical (unpaired) electrons. The Labute approximate surface area is 239 Å². The summed E-state index contributed by atoms with van der Waals surface area (Å²) in [5.41, 5.74) is -0.350. The zero-order valence-corrected chi connectivity index (χ0v) is 23.9. The second kappa shape index (κ2) is 13.5. The van der Waals surface area contributed by atoms with Crippen molar-refractivity contribution in [3.05, 3.63) is 45.8 Å². The molecule has 0 amide bonds. The number of aromatic nitrogens is 2. The molecule has 2 aromatic rings. The summed E-state index contributed by atoms with van der Waals surface area (Å²) in [4.78, 5) is 15.6. The molecule has 2 aliphatic heterocycles. The Morgan fingerprint density at radius 1 is 1.18 bits per heavy atom. The fourth-order valence-electron chi connectivity index (χ4n) is 5.88. The molecule has 3 heterocycles.